The molecule has 0 aliphatic rings. The SMILES string of the molecule is Cc1cc(Br)cc2[nH]c(Cc3ccncc3)nc12. The number of H-pyrrole nitrogens is 1. The normalized spacial score (nSPS) is 11.0. The Morgan fingerprint density at radius 3 is 2.78 bits per heavy atom. The fraction of sp³-hybridized carbons (Fsp3) is 0.143. The molecule has 0 spiro atoms. The minimum atomic E-state index is 0.800. The number of rotatable bonds is 2. The summed E-state index contributed by atoms with van der Waals surface area (Å²) in [4.78, 5) is 12.0. The molecule has 0 radical (unpaired) electrons. The third-order valence-corrected chi connectivity index (χ3v) is 3.37. The summed E-state index contributed by atoms with van der Waals surface area (Å²) < 4.78 is 1.08. The van der Waals surface area contributed by atoms with Crippen LogP contribution in [0.1, 0.15) is 17.0 Å². The van der Waals surface area contributed by atoms with Crippen LogP contribution >= 0.6 is 15.9 Å². The van der Waals surface area contributed by atoms with E-state index in [2.05, 4.69) is 49.9 Å². The predicted octanol–water partition coefficient (Wildman–Crippen LogP) is 3.62. The van der Waals surface area contributed by atoms with E-state index < -0.39 is 0 Å². The van der Waals surface area contributed by atoms with Crippen molar-refractivity contribution in [3.8, 4) is 0 Å². The van der Waals surface area contributed by atoms with Crippen molar-refractivity contribution >= 4 is 27.0 Å². The van der Waals surface area contributed by atoms with Gasteiger partial charge in [0.1, 0.15) is 5.82 Å². The average molecular weight is 302 g/mol. The molecular weight excluding hydrogens is 290 g/mol. The molecule has 0 fully saturated rings. The van der Waals surface area contributed by atoms with Gasteiger partial charge in [0, 0.05) is 23.3 Å². The Morgan fingerprint density at radius 2 is 2.00 bits per heavy atom. The highest BCUT2D eigenvalue weighted by Gasteiger charge is 2.07. The molecule has 0 unspecified atom stereocenters. The lowest BCUT2D eigenvalue weighted by atomic mass is 10.2. The number of aromatic amines is 1. The molecule has 0 aliphatic heterocycles. The second-order valence-electron chi connectivity index (χ2n) is 4.33. The van der Waals surface area contributed by atoms with Gasteiger partial charge >= 0.3 is 0 Å². The van der Waals surface area contributed by atoms with Gasteiger partial charge in [0.15, 0.2) is 0 Å². The molecule has 18 heavy (non-hydrogen) atoms. The van der Waals surface area contributed by atoms with E-state index >= 15 is 0 Å². The lowest BCUT2D eigenvalue weighted by Crippen LogP contribution is -1.90. The second-order valence-corrected chi connectivity index (χ2v) is 5.25. The Hall–Kier alpha value is -1.68. The maximum atomic E-state index is 4.65. The Kier molecular flexibility index (Phi) is 2.88. The van der Waals surface area contributed by atoms with E-state index in [1.807, 2.05) is 12.1 Å². The van der Waals surface area contributed by atoms with Crippen LogP contribution in [0.5, 0.6) is 0 Å². The Morgan fingerprint density at radius 1 is 1.22 bits per heavy atom. The number of hydrogen-bond acceptors (Lipinski definition) is 2. The molecule has 0 aliphatic carbocycles. The summed E-state index contributed by atoms with van der Waals surface area (Å²) >= 11 is 3.50. The smallest absolute Gasteiger partial charge is 0.111 e. The minimum absolute atomic E-state index is 0.800. The molecule has 0 bridgehead atoms. The number of nitrogens with zero attached hydrogens (tertiary/aromatic N) is 2. The fourth-order valence-electron chi connectivity index (χ4n) is 2.08. The average Bonchev–Trinajstić information content (AvgIpc) is 2.73. The van der Waals surface area contributed by atoms with Crippen molar-refractivity contribution in [2.24, 2.45) is 0 Å². The summed E-state index contributed by atoms with van der Waals surface area (Å²) in [5, 5.41) is 0. The number of aromatic nitrogens is 3. The first kappa shape index (κ1) is 11.4. The summed E-state index contributed by atoms with van der Waals surface area (Å²) in [6.07, 6.45) is 4.41. The molecule has 1 aromatic carbocycles. The first-order valence-corrected chi connectivity index (χ1v) is 6.55. The number of hydrogen-bond donors (Lipinski definition) is 1. The highest BCUT2D eigenvalue weighted by atomic mass is 79.9. The molecule has 3 aromatic rings. The predicted molar refractivity (Wildman–Crippen MR) is 75.6 cm³/mol. The topological polar surface area (TPSA) is 41.6 Å². The number of aryl methyl sites for hydroxylation is 1. The van der Waals surface area contributed by atoms with Crippen LogP contribution in [0.3, 0.4) is 0 Å². The van der Waals surface area contributed by atoms with Crippen LogP contribution in [-0.4, -0.2) is 15.0 Å². The molecular formula is C14H12BrN3. The highest BCUT2D eigenvalue weighted by molar-refractivity contribution is 9.10. The molecule has 2 heterocycles. The Labute approximate surface area is 113 Å². The van der Waals surface area contributed by atoms with Crippen LogP contribution in [0, 0.1) is 6.92 Å². The molecule has 0 saturated carbocycles. The number of pyridine rings is 1. The molecule has 3 rings (SSSR count). The maximum absolute atomic E-state index is 4.65. The van der Waals surface area contributed by atoms with Gasteiger partial charge in [-0.25, -0.2) is 4.98 Å². The first-order chi connectivity index (χ1) is 8.72. The first-order valence-electron chi connectivity index (χ1n) is 5.76. The van der Waals surface area contributed by atoms with Gasteiger partial charge in [-0.1, -0.05) is 15.9 Å². The third-order valence-electron chi connectivity index (χ3n) is 2.91. The zero-order valence-corrected chi connectivity index (χ0v) is 11.5. The molecule has 0 amide bonds. The van der Waals surface area contributed by atoms with Crippen molar-refractivity contribution in [2.45, 2.75) is 13.3 Å². The van der Waals surface area contributed by atoms with Gasteiger partial charge in [-0.05, 0) is 42.3 Å². The van der Waals surface area contributed by atoms with E-state index in [-0.39, 0.29) is 0 Å². The molecule has 1 N–H and O–H groups in total. The minimum Gasteiger partial charge on any atom is -0.342 e. The Bertz CT molecular complexity index is 689. The number of imidazole rings is 1. The van der Waals surface area contributed by atoms with Crippen LogP contribution < -0.4 is 0 Å². The summed E-state index contributed by atoms with van der Waals surface area (Å²) in [6.45, 7) is 2.07. The van der Waals surface area contributed by atoms with Crippen molar-refractivity contribution in [3.05, 3.63) is 58.1 Å². The van der Waals surface area contributed by atoms with Crippen LogP contribution in [0.4, 0.5) is 0 Å². The van der Waals surface area contributed by atoms with E-state index in [9.17, 15) is 0 Å². The van der Waals surface area contributed by atoms with Crippen molar-refractivity contribution in [1.82, 2.24) is 15.0 Å². The lowest BCUT2D eigenvalue weighted by Gasteiger charge is -1.95. The van der Waals surface area contributed by atoms with Crippen molar-refractivity contribution in [2.75, 3.05) is 0 Å². The van der Waals surface area contributed by atoms with Crippen molar-refractivity contribution in [1.29, 1.82) is 0 Å². The highest BCUT2D eigenvalue weighted by Crippen LogP contribution is 2.22. The van der Waals surface area contributed by atoms with Crippen LogP contribution in [0.2, 0.25) is 0 Å². The quantitative estimate of drug-likeness (QED) is 0.785. The van der Waals surface area contributed by atoms with Crippen LogP contribution in [-0.2, 0) is 6.42 Å². The molecule has 4 heteroatoms. The monoisotopic (exact) mass is 301 g/mol. The van der Waals surface area contributed by atoms with E-state index in [0.717, 1.165) is 27.8 Å². The summed E-state index contributed by atoms with van der Waals surface area (Å²) in [7, 11) is 0. The standard InChI is InChI=1S/C14H12BrN3/c1-9-6-11(15)8-12-14(9)18-13(17-12)7-10-2-4-16-5-3-10/h2-6,8H,7H2,1H3,(H,17,18). The number of benzene rings is 1. The molecule has 2 aromatic heterocycles. The lowest BCUT2D eigenvalue weighted by molar-refractivity contribution is 1.03. The van der Waals surface area contributed by atoms with E-state index in [4.69, 9.17) is 0 Å². The number of fused-ring (bicyclic) bond motifs is 1. The van der Waals surface area contributed by atoms with E-state index in [1.165, 1.54) is 11.1 Å². The van der Waals surface area contributed by atoms with Gasteiger partial charge in [0.05, 0.1) is 11.0 Å². The fourth-order valence-corrected chi connectivity index (χ4v) is 2.65. The van der Waals surface area contributed by atoms with Gasteiger partial charge in [0.2, 0.25) is 0 Å². The Balaban J connectivity index is 2.01. The number of nitrogens with one attached hydrogen (secondary N) is 1. The van der Waals surface area contributed by atoms with Gasteiger partial charge in [-0.2, -0.15) is 0 Å². The van der Waals surface area contributed by atoms with E-state index in [0.29, 0.717) is 0 Å². The van der Waals surface area contributed by atoms with Crippen LogP contribution in [0.25, 0.3) is 11.0 Å². The zero-order valence-electron chi connectivity index (χ0n) is 9.94. The van der Waals surface area contributed by atoms with Gasteiger partial charge in [-0.15, -0.1) is 0 Å². The summed E-state index contributed by atoms with van der Waals surface area (Å²) in [6, 6.07) is 8.16. The second kappa shape index (κ2) is 4.53. The molecule has 0 atom stereocenters. The zero-order chi connectivity index (χ0) is 12.5. The van der Waals surface area contributed by atoms with Crippen molar-refractivity contribution < 1.29 is 0 Å². The van der Waals surface area contributed by atoms with Gasteiger partial charge in [0.25, 0.3) is 0 Å². The molecule has 90 valence electrons. The van der Waals surface area contributed by atoms with Gasteiger partial charge in [-0.3, -0.25) is 4.98 Å². The van der Waals surface area contributed by atoms with E-state index in [1.54, 1.807) is 12.4 Å². The van der Waals surface area contributed by atoms with Gasteiger partial charge < -0.3 is 4.98 Å². The number of halogens is 1. The summed E-state index contributed by atoms with van der Waals surface area (Å²) in [5.41, 5.74) is 4.51. The molecule has 3 nitrogen and oxygen atoms in total. The third kappa shape index (κ3) is 2.16. The summed E-state index contributed by atoms with van der Waals surface area (Å²) in [5.74, 6) is 0.984. The van der Waals surface area contributed by atoms with Crippen LogP contribution in [0.15, 0.2) is 41.1 Å². The van der Waals surface area contributed by atoms with Crippen molar-refractivity contribution in [3.63, 3.8) is 0 Å². The largest absolute Gasteiger partial charge is 0.342 e. The maximum Gasteiger partial charge on any atom is 0.111 e. The molecule has 0 saturated heterocycles.